The van der Waals surface area contributed by atoms with Crippen molar-refractivity contribution >= 4 is 11.8 Å². The molecule has 0 bridgehead atoms. The van der Waals surface area contributed by atoms with Crippen molar-refractivity contribution < 1.29 is 14.6 Å². The minimum absolute atomic E-state index is 0.230. The van der Waals surface area contributed by atoms with Crippen molar-refractivity contribution in [1.29, 1.82) is 0 Å². The lowest BCUT2D eigenvalue weighted by molar-refractivity contribution is -0.0100. The summed E-state index contributed by atoms with van der Waals surface area (Å²) in [7, 11) is 0. The molecule has 122 valence electrons. The van der Waals surface area contributed by atoms with E-state index in [1.807, 2.05) is 25.6 Å². The van der Waals surface area contributed by atoms with Crippen LogP contribution < -0.4 is 5.32 Å². The van der Waals surface area contributed by atoms with Gasteiger partial charge >= 0.3 is 0 Å². The lowest BCUT2D eigenvalue weighted by atomic mass is 10.0. The minimum atomic E-state index is -0.456. The van der Waals surface area contributed by atoms with Crippen LogP contribution in [0, 0.1) is 0 Å². The van der Waals surface area contributed by atoms with E-state index in [1.165, 1.54) is 0 Å². The molecule has 0 aliphatic carbocycles. The van der Waals surface area contributed by atoms with E-state index in [0.717, 1.165) is 19.4 Å². The highest BCUT2D eigenvalue weighted by Gasteiger charge is 2.24. The maximum Gasteiger partial charge on any atom is 0.0897 e. The van der Waals surface area contributed by atoms with Gasteiger partial charge in [0.2, 0.25) is 0 Å². The van der Waals surface area contributed by atoms with Crippen LogP contribution in [0.15, 0.2) is 0 Å². The highest BCUT2D eigenvalue weighted by molar-refractivity contribution is 8.00. The first-order valence-electron chi connectivity index (χ1n) is 7.63. The van der Waals surface area contributed by atoms with Crippen LogP contribution in [0.1, 0.15) is 40.5 Å². The average molecular weight is 308 g/mol. The highest BCUT2D eigenvalue weighted by Crippen LogP contribution is 2.29. The van der Waals surface area contributed by atoms with E-state index in [-0.39, 0.29) is 10.9 Å². The second-order valence-corrected chi connectivity index (χ2v) is 6.65. The van der Waals surface area contributed by atoms with Crippen LogP contribution in [0.4, 0.5) is 0 Å². The summed E-state index contributed by atoms with van der Waals surface area (Å²) in [6.45, 7) is 11.4. The molecule has 0 aromatic heterocycles. The zero-order valence-electron chi connectivity index (χ0n) is 13.8. The summed E-state index contributed by atoms with van der Waals surface area (Å²) in [5, 5.41) is 13.2. The molecule has 0 amide bonds. The van der Waals surface area contributed by atoms with Crippen molar-refractivity contribution in [2.45, 2.75) is 57.5 Å². The van der Waals surface area contributed by atoms with Crippen molar-refractivity contribution in [2.75, 3.05) is 39.2 Å². The van der Waals surface area contributed by atoms with E-state index >= 15 is 0 Å². The molecule has 1 unspecified atom stereocenters. The third-order valence-corrected chi connectivity index (χ3v) is 5.13. The van der Waals surface area contributed by atoms with Gasteiger partial charge in [-0.05, 0) is 32.9 Å². The smallest absolute Gasteiger partial charge is 0.0897 e. The number of aliphatic hydroxyl groups is 1. The van der Waals surface area contributed by atoms with Gasteiger partial charge in [0, 0.05) is 17.8 Å². The summed E-state index contributed by atoms with van der Waals surface area (Å²) >= 11 is 1.90. The number of ether oxygens (including phenoxy) is 2. The van der Waals surface area contributed by atoms with Gasteiger partial charge in [-0.15, -0.1) is 0 Å². The average Bonchev–Trinajstić information content (AvgIpc) is 2.43. The topological polar surface area (TPSA) is 50.7 Å². The Morgan fingerprint density at radius 2 is 1.85 bits per heavy atom. The fourth-order valence-electron chi connectivity index (χ4n) is 1.95. The summed E-state index contributed by atoms with van der Waals surface area (Å²) < 4.78 is 11.0. The fraction of sp³-hybridized carbons (Fsp3) is 1.00. The summed E-state index contributed by atoms with van der Waals surface area (Å²) in [5.74, 6) is 0. The zero-order chi connectivity index (χ0) is 15.4. The van der Waals surface area contributed by atoms with Crippen LogP contribution in [-0.4, -0.2) is 61.2 Å². The highest BCUT2D eigenvalue weighted by atomic mass is 32.2. The van der Waals surface area contributed by atoms with Gasteiger partial charge in [-0.2, -0.15) is 11.8 Å². The second-order valence-electron chi connectivity index (χ2n) is 5.37. The molecular weight excluding hydrogens is 274 g/mol. The Balaban J connectivity index is 3.64. The van der Waals surface area contributed by atoms with Gasteiger partial charge in [-0.25, -0.2) is 0 Å². The van der Waals surface area contributed by atoms with Crippen LogP contribution in [0.2, 0.25) is 0 Å². The quantitative estimate of drug-likeness (QED) is 0.511. The van der Waals surface area contributed by atoms with Gasteiger partial charge in [0.1, 0.15) is 0 Å². The maximum absolute atomic E-state index is 9.84. The Bertz CT molecular complexity index is 215. The van der Waals surface area contributed by atoms with Gasteiger partial charge in [0.05, 0.1) is 32.0 Å². The van der Waals surface area contributed by atoms with Crippen LogP contribution in [0.3, 0.4) is 0 Å². The van der Waals surface area contributed by atoms with Crippen molar-refractivity contribution in [3.8, 4) is 0 Å². The zero-order valence-corrected chi connectivity index (χ0v) is 14.6. The molecule has 0 saturated carbocycles. The normalized spacial score (nSPS) is 13.9. The SMILES string of the molecule is CCC(CC)(CNCC(O)COCCOC(C)C)SC. The number of aliphatic hydroxyl groups excluding tert-OH is 1. The molecule has 20 heavy (non-hydrogen) atoms. The van der Waals surface area contributed by atoms with E-state index in [9.17, 15) is 5.11 Å². The van der Waals surface area contributed by atoms with Crippen molar-refractivity contribution in [3.63, 3.8) is 0 Å². The van der Waals surface area contributed by atoms with Crippen LogP contribution in [-0.2, 0) is 9.47 Å². The van der Waals surface area contributed by atoms with Gasteiger partial charge < -0.3 is 19.9 Å². The predicted molar refractivity (Wildman–Crippen MR) is 87.6 cm³/mol. The lowest BCUT2D eigenvalue weighted by Gasteiger charge is -2.30. The van der Waals surface area contributed by atoms with Gasteiger partial charge in [0.15, 0.2) is 0 Å². The van der Waals surface area contributed by atoms with Crippen LogP contribution in [0.5, 0.6) is 0 Å². The standard InChI is InChI=1S/C15H33NO3S/c1-6-15(7-2,20-5)12-16-10-14(17)11-18-8-9-19-13(3)4/h13-14,16-17H,6-12H2,1-5H3. The molecule has 0 aromatic rings. The molecule has 0 aliphatic rings. The van der Waals surface area contributed by atoms with E-state index in [1.54, 1.807) is 0 Å². The monoisotopic (exact) mass is 307 g/mol. The number of rotatable bonds is 13. The van der Waals surface area contributed by atoms with Crippen LogP contribution in [0.25, 0.3) is 0 Å². The molecule has 5 heteroatoms. The van der Waals surface area contributed by atoms with Crippen molar-refractivity contribution in [3.05, 3.63) is 0 Å². The molecule has 1 atom stereocenters. The minimum Gasteiger partial charge on any atom is -0.389 e. The first-order valence-corrected chi connectivity index (χ1v) is 8.85. The Hall–Kier alpha value is 0.190. The number of thioether (sulfide) groups is 1. The third-order valence-electron chi connectivity index (χ3n) is 3.54. The van der Waals surface area contributed by atoms with Crippen molar-refractivity contribution in [1.82, 2.24) is 5.32 Å². The lowest BCUT2D eigenvalue weighted by Crippen LogP contribution is -2.40. The number of hydrogen-bond acceptors (Lipinski definition) is 5. The molecule has 0 aliphatic heterocycles. The largest absolute Gasteiger partial charge is 0.389 e. The van der Waals surface area contributed by atoms with Gasteiger partial charge in [-0.3, -0.25) is 0 Å². The van der Waals surface area contributed by atoms with Gasteiger partial charge in [-0.1, -0.05) is 13.8 Å². The van der Waals surface area contributed by atoms with E-state index < -0.39 is 6.10 Å². The molecular formula is C15H33NO3S. The molecule has 0 spiro atoms. The van der Waals surface area contributed by atoms with Gasteiger partial charge in [0.25, 0.3) is 0 Å². The van der Waals surface area contributed by atoms with E-state index in [4.69, 9.17) is 9.47 Å². The number of hydrogen-bond donors (Lipinski definition) is 2. The fourth-order valence-corrected chi connectivity index (χ4v) is 2.77. The Morgan fingerprint density at radius 1 is 1.20 bits per heavy atom. The molecule has 0 rings (SSSR count). The molecule has 0 heterocycles. The molecule has 2 N–H and O–H groups in total. The molecule has 0 radical (unpaired) electrons. The maximum atomic E-state index is 9.84. The van der Waals surface area contributed by atoms with E-state index in [2.05, 4.69) is 25.4 Å². The first-order chi connectivity index (χ1) is 9.49. The molecule has 4 nitrogen and oxygen atoms in total. The summed E-state index contributed by atoms with van der Waals surface area (Å²) in [4.78, 5) is 0. The van der Waals surface area contributed by atoms with E-state index in [0.29, 0.717) is 26.4 Å². The second kappa shape index (κ2) is 11.8. The predicted octanol–water partition coefficient (Wildman–Crippen LogP) is 2.30. The molecule has 0 fully saturated rings. The third kappa shape index (κ3) is 9.19. The van der Waals surface area contributed by atoms with Crippen molar-refractivity contribution in [2.24, 2.45) is 0 Å². The molecule has 0 aromatic carbocycles. The summed E-state index contributed by atoms with van der Waals surface area (Å²) in [6, 6.07) is 0. The summed E-state index contributed by atoms with van der Waals surface area (Å²) in [6.07, 6.45) is 4.20. The Labute approximate surface area is 129 Å². The van der Waals surface area contributed by atoms with Crippen LogP contribution >= 0.6 is 11.8 Å². The summed E-state index contributed by atoms with van der Waals surface area (Å²) in [5.41, 5.74) is 0. The Kier molecular flexibility index (Phi) is 11.9. The first kappa shape index (κ1) is 20.2. The molecule has 0 saturated heterocycles. The number of nitrogens with one attached hydrogen (secondary N) is 1. The Morgan fingerprint density at radius 3 is 2.35 bits per heavy atom.